The van der Waals surface area contributed by atoms with Crippen LogP contribution in [0.2, 0.25) is 0 Å². The number of Topliss-reactive ketones (excluding diaryl/α,β-unsaturated/α-hetero) is 1. The third kappa shape index (κ3) is 5.41. The minimum Gasteiger partial charge on any atom is -0.462 e. The second-order valence-electron chi connectivity index (χ2n) is 6.23. The van der Waals surface area contributed by atoms with E-state index in [0.29, 0.717) is 12.2 Å². The van der Waals surface area contributed by atoms with Gasteiger partial charge in [0.1, 0.15) is 5.57 Å². The van der Waals surface area contributed by atoms with Gasteiger partial charge in [0.05, 0.1) is 6.61 Å². The van der Waals surface area contributed by atoms with Crippen molar-refractivity contribution < 1.29 is 14.3 Å². The molecule has 0 aliphatic rings. The number of rotatable bonds is 9. The molecule has 2 rings (SSSR count). The van der Waals surface area contributed by atoms with E-state index in [1.165, 1.54) is 6.92 Å². The molecule has 26 heavy (non-hydrogen) atoms. The monoisotopic (exact) mass is 350 g/mol. The molecule has 0 radical (unpaired) electrons. The second kappa shape index (κ2) is 10.3. The lowest BCUT2D eigenvalue weighted by molar-refractivity contribution is -0.140. The number of ketones is 1. The Hall–Kier alpha value is -2.68. The topological polar surface area (TPSA) is 43.4 Å². The van der Waals surface area contributed by atoms with Crippen LogP contribution in [0, 0.1) is 0 Å². The standard InChI is InChI=1S/C23H26O3/c1-3-4-5-12-17-26-23(25)21(18(2)24)22(19-13-8-6-9-14-19)20-15-10-7-11-16-20/h6-11,13-16H,3-5,12,17H2,1-2H3. The summed E-state index contributed by atoms with van der Waals surface area (Å²) >= 11 is 0. The van der Waals surface area contributed by atoms with Crippen molar-refractivity contribution in [3.8, 4) is 0 Å². The van der Waals surface area contributed by atoms with Gasteiger partial charge in [-0.3, -0.25) is 4.79 Å². The summed E-state index contributed by atoms with van der Waals surface area (Å²) in [6.45, 7) is 3.89. The highest BCUT2D eigenvalue weighted by Gasteiger charge is 2.23. The normalized spacial score (nSPS) is 10.2. The molecule has 0 amide bonds. The summed E-state index contributed by atoms with van der Waals surface area (Å²) in [5.74, 6) is -0.831. The predicted molar refractivity (Wildman–Crippen MR) is 105 cm³/mol. The number of carbonyl (C=O) groups is 2. The van der Waals surface area contributed by atoms with Crippen LogP contribution in [0.1, 0.15) is 50.7 Å². The average molecular weight is 350 g/mol. The molecule has 2 aromatic carbocycles. The average Bonchev–Trinajstić information content (AvgIpc) is 2.66. The van der Waals surface area contributed by atoms with Crippen molar-refractivity contribution in [3.05, 3.63) is 77.4 Å². The summed E-state index contributed by atoms with van der Waals surface area (Å²) in [5, 5.41) is 0. The molecule has 0 heterocycles. The van der Waals surface area contributed by atoms with Crippen LogP contribution in [-0.2, 0) is 14.3 Å². The van der Waals surface area contributed by atoms with Gasteiger partial charge in [-0.05, 0) is 24.5 Å². The van der Waals surface area contributed by atoms with Gasteiger partial charge in [0.15, 0.2) is 5.78 Å². The molecule has 0 N–H and O–H groups in total. The molecule has 3 heteroatoms. The van der Waals surface area contributed by atoms with Gasteiger partial charge in [-0.2, -0.15) is 0 Å². The molecule has 0 saturated heterocycles. The first-order valence-electron chi connectivity index (χ1n) is 9.18. The van der Waals surface area contributed by atoms with E-state index in [4.69, 9.17) is 4.74 Å². The molecular weight excluding hydrogens is 324 g/mol. The van der Waals surface area contributed by atoms with Crippen molar-refractivity contribution in [1.82, 2.24) is 0 Å². The molecule has 0 atom stereocenters. The SMILES string of the molecule is CCCCCCOC(=O)C(C(C)=O)=C(c1ccccc1)c1ccccc1. The number of carbonyl (C=O) groups excluding carboxylic acids is 2. The Morgan fingerprint density at radius 3 is 1.81 bits per heavy atom. The van der Waals surface area contributed by atoms with E-state index < -0.39 is 5.97 Å². The van der Waals surface area contributed by atoms with E-state index in [9.17, 15) is 9.59 Å². The molecular formula is C23H26O3. The fourth-order valence-corrected chi connectivity index (χ4v) is 2.85. The maximum atomic E-state index is 12.7. The van der Waals surface area contributed by atoms with Gasteiger partial charge >= 0.3 is 5.97 Å². The van der Waals surface area contributed by atoms with Crippen molar-refractivity contribution in [1.29, 1.82) is 0 Å². The zero-order valence-electron chi connectivity index (χ0n) is 15.5. The Morgan fingerprint density at radius 2 is 1.35 bits per heavy atom. The molecule has 0 aromatic heterocycles. The second-order valence-corrected chi connectivity index (χ2v) is 6.23. The number of hydrogen-bond acceptors (Lipinski definition) is 3. The number of hydrogen-bond donors (Lipinski definition) is 0. The smallest absolute Gasteiger partial charge is 0.342 e. The predicted octanol–water partition coefficient (Wildman–Crippen LogP) is 5.20. The van der Waals surface area contributed by atoms with Crippen LogP contribution in [0.4, 0.5) is 0 Å². The number of unbranched alkanes of at least 4 members (excludes halogenated alkanes) is 3. The van der Waals surface area contributed by atoms with E-state index in [0.717, 1.165) is 36.8 Å². The van der Waals surface area contributed by atoms with E-state index in [2.05, 4.69) is 6.92 Å². The van der Waals surface area contributed by atoms with Crippen molar-refractivity contribution in [3.63, 3.8) is 0 Å². The summed E-state index contributed by atoms with van der Waals surface area (Å²) in [5.41, 5.74) is 2.38. The maximum absolute atomic E-state index is 12.7. The minimum atomic E-state index is -0.545. The van der Waals surface area contributed by atoms with Crippen LogP contribution in [0.15, 0.2) is 66.2 Å². The third-order valence-electron chi connectivity index (χ3n) is 4.16. The highest BCUT2D eigenvalue weighted by molar-refractivity contribution is 6.23. The molecule has 3 nitrogen and oxygen atoms in total. The maximum Gasteiger partial charge on any atom is 0.342 e. The van der Waals surface area contributed by atoms with E-state index in [-0.39, 0.29) is 11.4 Å². The van der Waals surface area contributed by atoms with Crippen LogP contribution >= 0.6 is 0 Å². The summed E-state index contributed by atoms with van der Waals surface area (Å²) in [4.78, 5) is 25.1. The van der Waals surface area contributed by atoms with Gasteiger partial charge in [0, 0.05) is 5.57 Å². The summed E-state index contributed by atoms with van der Waals surface area (Å²) in [7, 11) is 0. The molecule has 0 spiro atoms. The van der Waals surface area contributed by atoms with Crippen LogP contribution in [0.25, 0.3) is 5.57 Å². The lowest BCUT2D eigenvalue weighted by Crippen LogP contribution is -2.17. The van der Waals surface area contributed by atoms with Gasteiger partial charge in [-0.1, -0.05) is 86.8 Å². The quantitative estimate of drug-likeness (QED) is 0.205. The van der Waals surface area contributed by atoms with Crippen LogP contribution in [-0.4, -0.2) is 18.4 Å². The molecule has 0 bridgehead atoms. The molecule has 0 saturated carbocycles. The van der Waals surface area contributed by atoms with E-state index in [1.54, 1.807) is 0 Å². The first kappa shape index (κ1) is 19.6. The van der Waals surface area contributed by atoms with E-state index >= 15 is 0 Å². The van der Waals surface area contributed by atoms with Gasteiger partial charge in [-0.15, -0.1) is 0 Å². The highest BCUT2D eigenvalue weighted by Crippen LogP contribution is 2.28. The Balaban J connectivity index is 2.39. The molecule has 136 valence electrons. The summed E-state index contributed by atoms with van der Waals surface area (Å²) in [6, 6.07) is 19.0. The molecule has 0 fully saturated rings. The summed E-state index contributed by atoms with van der Waals surface area (Å²) in [6.07, 6.45) is 4.08. The Morgan fingerprint density at radius 1 is 0.808 bits per heavy atom. The largest absolute Gasteiger partial charge is 0.462 e. The lowest BCUT2D eigenvalue weighted by atomic mass is 9.91. The number of esters is 1. The Kier molecular flexibility index (Phi) is 7.81. The highest BCUT2D eigenvalue weighted by atomic mass is 16.5. The first-order valence-corrected chi connectivity index (χ1v) is 9.18. The molecule has 2 aromatic rings. The van der Waals surface area contributed by atoms with Crippen LogP contribution < -0.4 is 0 Å². The van der Waals surface area contributed by atoms with Crippen molar-refractivity contribution in [2.75, 3.05) is 6.61 Å². The van der Waals surface area contributed by atoms with Gasteiger partial charge in [0.25, 0.3) is 0 Å². The van der Waals surface area contributed by atoms with E-state index in [1.807, 2.05) is 60.7 Å². The first-order chi connectivity index (χ1) is 12.6. The van der Waals surface area contributed by atoms with Crippen molar-refractivity contribution >= 4 is 17.3 Å². The minimum absolute atomic E-state index is 0.109. The number of benzene rings is 2. The molecule has 0 aliphatic carbocycles. The zero-order chi connectivity index (χ0) is 18.8. The van der Waals surface area contributed by atoms with Gasteiger partial charge in [0.2, 0.25) is 0 Å². The lowest BCUT2D eigenvalue weighted by Gasteiger charge is -2.14. The fraction of sp³-hybridized carbons (Fsp3) is 0.304. The Bertz CT molecular complexity index is 704. The fourth-order valence-electron chi connectivity index (χ4n) is 2.85. The summed E-state index contributed by atoms with van der Waals surface area (Å²) < 4.78 is 5.42. The van der Waals surface area contributed by atoms with Gasteiger partial charge < -0.3 is 4.74 Å². The number of ether oxygens (including phenoxy) is 1. The Labute approximate surface area is 155 Å². The van der Waals surface area contributed by atoms with Crippen LogP contribution in [0.5, 0.6) is 0 Å². The molecule has 0 aliphatic heterocycles. The third-order valence-corrected chi connectivity index (χ3v) is 4.16. The van der Waals surface area contributed by atoms with Gasteiger partial charge in [-0.25, -0.2) is 4.79 Å². The zero-order valence-corrected chi connectivity index (χ0v) is 15.5. The molecule has 0 unspecified atom stereocenters. The van der Waals surface area contributed by atoms with Crippen molar-refractivity contribution in [2.45, 2.75) is 39.5 Å². The van der Waals surface area contributed by atoms with Crippen molar-refractivity contribution in [2.24, 2.45) is 0 Å². The van der Waals surface area contributed by atoms with Crippen LogP contribution in [0.3, 0.4) is 0 Å².